The lowest BCUT2D eigenvalue weighted by Gasteiger charge is -2.10. The van der Waals surface area contributed by atoms with E-state index in [1.165, 1.54) is 18.8 Å². The molecule has 0 saturated carbocycles. The standard InChI is InChI=1S/C9H17N7O2S/c1-6(7(17)12-8(18)11-3)19-9-13-14-15-16(9)5-4-10-2/h6,10H,4-5H2,1-3H3,(H2,11,12,17,18). The summed E-state index contributed by atoms with van der Waals surface area (Å²) in [5.74, 6) is -0.396. The van der Waals surface area contributed by atoms with Gasteiger partial charge in [0, 0.05) is 13.6 Å². The van der Waals surface area contributed by atoms with Gasteiger partial charge < -0.3 is 10.6 Å². The first-order chi connectivity index (χ1) is 9.08. The maximum absolute atomic E-state index is 11.7. The number of imide groups is 1. The van der Waals surface area contributed by atoms with E-state index in [9.17, 15) is 9.59 Å². The highest BCUT2D eigenvalue weighted by atomic mass is 32.2. The van der Waals surface area contributed by atoms with Gasteiger partial charge in [-0.25, -0.2) is 9.48 Å². The van der Waals surface area contributed by atoms with Crippen LogP contribution < -0.4 is 16.0 Å². The second-order valence-electron chi connectivity index (χ2n) is 3.62. The fraction of sp³-hybridized carbons (Fsp3) is 0.667. The predicted octanol–water partition coefficient (Wildman–Crippen LogP) is -1.17. The van der Waals surface area contributed by atoms with Crippen LogP contribution in [-0.2, 0) is 11.3 Å². The lowest BCUT2D eigenvalue weighted by Crippen LogP contribution is -2.41. The van der Waals surface area contributed by atoms with Crippen LogP contribution in [0.15, 0.2) is 5.16 Å². The summed E-state index contributed by atoms with van der Waals surface area (Å²) >= 11 is 1.19. The molecule has 106 valence electrons. The summed E-state index contributed by atoms with van der Waals surface area (Å²) in [5, 5.41) is 18.8. The largest absolute Gasteiger partial charge is 0.341 e. The van der Waals surface area contributed by atoms with E-state index >= 15 is 0 Å². The van der Waals surface area contributed by atoms with Crippen molar-refractivity contribution in [2.24, 2.45) is 0 Å². The van der Waals surface area contributed by atoms with Gasteiger partial charge in [-0.3, -0.25) is 10.1 Å². The van der Waals surface area contributed by atoms with Crippen molar-refractivity contribution in [2.75, 3.05) is 20.6 Å². The van der Waals surface area contributed by atoms with Crippen molar-refractivity contribution >= 4 is 23.7 Å². The summed E-state index contributed by atoms with van der Waals surface area (Å²) in [5.41, 5.74) is 0. The molecule has 0 aliphatic heterocycles. The maximum Gasteiger partial charge on any atom is 0.321 e. The molecule has 1 unspecified atom stereocenters. The smallest absolute Gasteiger partial charge is 0.321 e. The van der Waals surface area contributed by atoms with Crippen LogP contribution in [0, 0.1) is 0 Å². The monoisotopic (exact) mass is 287 g/mol. The number of hydrogen-bond donors (Lipinski definition) is 3. The number of thioether (sulfide) groups is 1. The van der Waals surface area contributed by atoms with Crippen LogP contribution in [-0.4, -0.2) is 58.0 Å². The number of nitrogens with zero attached hydrogens (tertiary/aromatic N) is 4. The van der Waals surface area contributed by atoms with E-state index in [-0.39, 0.29) is 0 Å². The summed E-state index contributed by atoms with van der Waals surface area (Å²) in [6, 6.07) is -0.535. The number of rotatable bonds is 6. The molecule has 9 nitrogen and oxygen atoms in total. The van der Waals surface area contributed by atoms with Gasteiger partial charge in [0.15, 0.2) is 0 Å². The van der Waals surface area contributed by atoms with Gasteiger partial charge in [0.25, 0.3) is 0 Å². The number of hydrogen-bond acceptors (Lipinski definition) is 7. The Bertz CT molecular complexity index is 436. The van der Waals surface area contributed by atoms with Crippen LogP contribution in [0.1, 0.15) is 6.92 Å². The Morgan fingerprint density at radius 1 is 1.42 bits per heavy atom. The van der Waals surface area contributed by atoms with Gasteiger partial charge in [0.05, 0.1) is 11.8 Å². The third-order valence-electron chi connectivity index (χ3n) is 2.19. The molecule has 10 heteroatoms. The molecular weight excluding hydrogens is 270 g/mol. The third kappa shape index (κ3) is 4.83. The van der Waals surface area contributed by atoms with Crippen molar-refractivity contribution in [1.82, 2.24) is 36.2 Å². The first-order valence-electron chi connectivity index (χ1n) is 5.68. The van der Waals surface area contributed by atoms with E-state index in [4.69, 9.17) is 0 Å². The fourth-order valence-corrected chi connectivity index (χ4v) is 1.94. The lowest BCUT2D eigenvalue weighted by molar-refractivity contribution is -0.119. The third-order valence-corrected chi connectivity index (χ3v) is 3.26. The molecular formula is C9H17N7O2S. The van der Waals surface area contributed by atoms with E-state index in [2.05, 4.69) is 31.5 Å². The second-order valence-corrected chi connectivity index (χ2v) is 4.92. The summed E-state index contributed by atoms with van der Waals surface area (Å²) in [7, 11) is 3.27. The number of amides is 3. The topological polar surface area (TPSA) is 114 Å². The number of urea groups is 1. The summed E-state index contributed by atoms with van der Waals surface area (Å²) < 4.78 is 1.60. The van der Waals surface area contributed by atoms with E-state index in [0.29, 0.717) is 11.7 Å². The second kappa shape index (κ2) is 7.69. The quantitative estimate of drug-likeness (QED) is 0.565. The van der Waals surface area contributed by atoms with E-state index in [1.807, 2.05) is 7.05 Å². The highest BCUT2D eigenvalue weighted by Gasteiger charge is 2.19. The van der Waals surface area contributed by atoms with Crippen LogP contribution in [0.5, 0.6) is 0 Å². The molecule has 1 aromatic rings. The molecule has 19 heavy (non-hydrogen) atoms. The average molecular weight is 287 g/mol. The average Bonchev–Trinajstić information content (AvgIpc) is 2.83. The van der Waals surface area contributed by atoms with Crippen LogP contribution >= 0.6 is 11.8 Å². The zero-order chi connectivity index (χ0) is 14.3. The predicted molar refractivity (Wildman–Crippen MR) is 69.7 cm³/mol. The van der Waals surface area contributed by atoms with Crippen LogP contribution in [0.3, 0.4) is 0 Å². The molecule has 0 saturated heterocycles. The number of aromatic nitrogens is 4. The first-order valence-corrected chi connectivity index (χ1v) is 6.56. The summed E-state index contributed by atoms with van der Waals surface area (Å²) in [6.45, 7) is 3.01. The Labute approximate surface area is 114 Å². The van der Waals surface area contributed by atoms with E-state index in [1.54, 1.807) is 11.6 Å². The number of carbonyl (C=O) groups is 2. The zero-order valence-corrected chi connectivity index (χ0v) is 11.8. The van der Waals surface area contributed by atoms with Crippen molar-refractivity contribution in [3.63, 3.8) is 0 Å². The molecule has 3 amide bonds. The van der Waals surface area contributed by atoms with Crippen molar-refractivity contribution < 1.29 is 9.59 Å². The molecule has 3 N–H and O–H groups in total. The SMILES string of the molecule is CNCCn1nnnc1SC(C)C(=O)NC(=O)NC. The summed E-state index contributed by atoms with van der Waals surface area (Å²) in [6.07, 6.45) is 0. The minimum Gasteiger partial charge on any atom is -0.341 e. The Balaban J connectivity index is 2.56. The number of nitrogens with one attached hydrogen (secondary N) is 3. The highest BCUT2D eigenvalue weighted by molar-refractivity contribution is 8.00. The van der Waals surface area contributed by atoms with Gasteiger partial charge in [0.1, 0.15) is 0 Å². The Hall–Kier alpha value is -1.68. The van der Waals surface area contributed by atoms with Gasteiger partial charge in [0.2, 0.25) is 11.1 Å². The van der Waals surface area contributed by atoms with Crippen molar-refractivity contribution in [1.29, 1.82) is 0 Å². The van der Waals surface area contributed by atoms with Gasteiger partial charge in [-0.05, 0) is 24.4 Å². The normalized spacial score (nSPS) is 11.9. The van der Waals surface area contributed by atoms with E-state index in [0.717, 1.165) is 6.54 Å². The molecule has 0 aliphatic rings. The molecule has 0 fully saturated rings. The van der Waals surface area contributed by atoms with Gasteiger partial charge in [-0.2, -0.15) is 0 Å². The Morgan fingerprint density at radius 2 is 2.16 bits per heavy atom. The first kappa shape index (κ1) is 15.4. The minimum atomic E-state index is -0.535. The number of likely N-dealkylation sites (N-methyl/N-ethyl adjacent to an activating group) is 1. The molecule has 1 rings (SSSR count). The molecule has 0 spiro atoms. The molecule has 1 heterocycles. The molecule has 0 radical (unpaired) electrons. The number of tetrazole rings is 1. The van der Waals surface area contributed by atoms with Gasteiger partial charge >= 0.3 is 6.03 Å². The van der Waals surface area contributed by atoms with Gasteiger partial charge in [-0.15, -0.1) is 5.10 Å². The fourth-order valence-electron chi connectivity index (χ4n) is 1.13. The van der Waals surface area contributed by atoms with Crippen molar-refractivity contribution in [2.45, 2.75) is 23.9 Å². The molecule has 1 aromatic heterocycles. The lowest BCUT2D eigenvalue weighted by atomic mass is 10.4. The maximum atomic E-state index is 11.7. The highest BCUT2D eigenvalue weighted by Crippen LogP contribution is 2.19. The van der Waals surface area contributed by atoms with Gasteiger partial charge in [-0.1, -0.05) is 11.8 Å². The molecule has 1 atom stereocenters. The molecule has 0 aliphatic carbocycles. The van der Waals surface area contributed by atoms with Crippen molar-refractivity contribution in [3.05, 3.63) is 0 Å². The number of carbonyl (C=O) groups excluding carboxylic acids is 2. The minimum absolute atomic E-state index is 0.396. The van der Waals surface area contributed by atoms with Crippen molar-refractivity contribution in [3.8, 4) is 0 Å². The Kier molecular flexibility index (Phi) is 6.22. The molecule has 0 bridgehead atoms. The van der Waals surface area contributed by atoms with Crippen LogP contribution in [0.2, 0.25) is 0 Å². The van der Waals surface area contributed by atoms with Crippen LogP contribution in [0.25, 0.3) is 0 Å². The summed E-state index contributed by atoms with van der Waals surface area (Å²) in [4.78, 5) is 22.7. The van der Waals surface area contributed by atoms with E-state index < -0.39 is 17.2 Å². The Morgan fingerprint density at radius 3 is 2.79 bits per heavy atom. The molecule has 0 aromatic carbocycles. The van der Waals surface area contributed by atoms with Crippen LogP contribution in [0.4, 0.5) is 4.79 Å². The zero-order valence-electron chi connectivity index (χ0n) is 11.0.